The topological polar surface area (TPSA) is 188 Å². The maximum absolute atomic E-state index is 12.4. The molecule has 1 aromatic heterocycles. The number of aliphatic carboxylic acids is 1. The molecule has 196 valence electrons. The molecule has 0 aliphatic carbocycles. The van der Waals surface area contributed by atoms with Gasteiger partial charge in [0.2, 0.25) is 9.84 Å². The summed E-state index contributed by atoms with van der Waals surface area (Å²) in [6.45, 7) is 3.23. The third kappa shape index (κ3) is 6.56. The molecule has 1 aromatic carbocycles. The summed E-state index contributed by atoms with van der Waals surface area (Å²) >= 11 is 0. The number of benzene rings is 1. The molecule has 1 heterocycles. The molecule has 0 aliphatic heterocycles. The van der Waals surface area contributed by atoms with E-state index in [2.05, 4.69) is 9.97 Å². The Morgan fingerprint density at radius 3 is 2.22 bits per heavy atom. The molecule has 1 amide bonds. The first-order valence-electron chi connectivity index (χ1n) is 10.4. The van der Waals surface area contributed by atoms with Crippen molar-refractivity contribution in [2.24, 2.45) is 5.92 Å². The molecule has 1 N–H and O–H groups in total. The van der Waals surface area contributed by atoms with Crippen molar-refractivity contribution in [1.82, 2.24) is 14.9 Å². The normalized spacial score (nSPS) is 12.8. The smallest absolute Gasteiger partial charge is 0.392 e. The van der Waals surface area contributed by atoms with Gasteiger partial charge in [-0.15, -0.1) is 0 Å². The van der Waals surface area contributed by atoms with Crippen LogP contribution in [0.15, 0.2) is 23.4 Å². The van der Waals surface area contributed by atoms with E-state index in [9.17, 15) is 33.2 Å². The standard InChI is InChI=1S/C21H26N4O10S/c1-7-11(2)16(20(27)28)35-18-15(25(29)30)17(22-21(23-18)36(6,31)32)34-14-9-12(19(26)24(3)4)8-13(10-14)33-5/h8-11,16H,7H2,1-6H3,(H,27,28). The van der Waals surface area contributed by atoms with Gasteiger partial charge in [0.05, 0.1) is 12.0 Å². The summed E-state index contributed by atoms with van der Waals surface area (Å²) in [5, 5.41) is 20.6. The molecule has 0 saturated heterocycles. The molecule has 0 aliphatic rings. The van der Waals surface area contributed by atoms with Crippen molar-refractivity contribution in [2.75, 3.05) is 27.5 Å². The highest BCUT2D eigenvalue weighted by molar-refractivity contribution is 7.90. The van der Waals surface area contributed by atoms with Gasteiger partial charge >= 0.3 is 23.4 Å². The van der Waals surface area contributed by atoms with E-state index in [4.69, 9.17) is 14.2 Å². The van der Waals surface area contributed by atoms with Crippen LogP contribution < -0.4 is 14.2 Å². The summed E-state index contributed by atoms with van der Waals surface area (Å²) in [6.07, 6.45) is -0.486. The highest BCUT2D eigenvalue weighted by Gasteiger charge is 2.35. The second-order valence-electron chi connectivity index (χ2n) is 7.96. The SMILES string of the molecule is CCC(C)C(Oc1nc(S(C)(=O)=O)nc(Oc2cc(OC)cc(C(=O)N(C)C)c2)c1[N+](=O)[O-])C(=O)O. The van der Waals surface area contributed by atoms with E-state index >= 15 is 0 Å². The summed E-state index contributed by atoms with van der Waals surface area (Å²) in [5.74, 6) is -4.20. The molecule has 2 atom stereocenters. The fourth-order valence-electron chi connectivity index (χ4n) is 2.86. The average molecular weight is 527 g/mol. The first kappa shape index (κ1) is 28.2. The quantitative estimate of drug-likeness (QED) is 0.256. The molecule has 2 unspecified atom stereocenters. The van der Waals surface area contributed by atoms with E-state index < -0.39 is 61.3 Å². The Labute approximate surface area is 206 Å². The van der Waals surface area contributed by atoms with Crippen molar-refractivity contribution in [3.05, 3.63) is 33.9 Å². The highest BCUT2D eigenvalue weighted by atomic mass is 32.2. The number of nitrogens with zero attached hydrogens (tertiary/aromatic N) is 4. The zero-order valence-electron chi connectivity index (χ0n) is 20.4. The van der Waals surface area contributed by atoms with Crippen LogP contribution in [0.3, 0.4) is 0 Å². The number of methoxy groups -OCH3 is 1. The predicted octanol–water partition coefficient (Wildman–Crippen LogP) is 2.17. The van der Waals surface area contributed by atoms with Gasteiger partial charge in [0.15, 0.2) is 6.10 Å². The van der Waals surface area contributed by atoms with Gasteiger partial charge in [-0.25, -0.2) is 13.2 Å². The Balaban J connectivity index is 2.76. The van der Waals surface area contributed by atoms with Crippen LogP contribution in [-0.4, -0.2) is 78.8 Å². The number of sulfone groups is 1. The van der Waals surface area contributed by atoms with E-state index in [1.54, 1.807) is 13.8 Å². The minimum atomic E-state index is -4.15. The van der Waals surface area contributed by atoms with Gasteiger partial charge in [-0.1, -0.05) is 13.8 Å². The number of rotatable bonds is 11. The maximum Gasteiger partial charge on any atom is 0.392 e. The summed E-state index contributed by atoms with van der Waals surface area (Å²) in [4.78, 5) is 43.7. The van der Waals surface area contributed by atoms with Gasteiger partial charge < -0.3 is 24.2 Å². The van der Waals surface area contributed by atoms with Crippen LogP contribution in [0.5, 0.6) is 23.3 Å². The number of carbonyl (C=O) groups excluding carboxylic acids is 1. The van der Waals surface area contributed by atoms with Gasteiger partial charge in [0, 0.05) is 37.9 Å². The molecule has 0 saturated carbocycles. The molecule has 36 heavy (non-hydrogen) atoms. The molecule has 15 heteroatoms. The second kappa shape index (κ2) is 11.2. The fraction of sp³-hybridized carbons (Fsp3) is 0.429. The lowest BCUT2D eigenvalue weighted by molar-refractivity contribution is -0.387. The van der Waals surface area contributed by atoms with Crippen molar-refractivity contribution in [1.29, 1.82) is 0 Å². The molecular formula is C21H26N4O10S. The van der Waals surface area contributed by atoms with Gasteiger partial charge in [0.25, 0.3) is 11.1 Å². The summed E-state index contributed by atoms with van der Waals surface area (Å²) in [6, 6.07) is 3.94. The van der Waals surface area contributed by atoms with Crippen molar-refractivity contribution in [3.63, 3.8) is 0 Å². The zero-order chi connectivity index (χ0) is 27.4. The van der Waals surface area contributed by atoms with Crippen LogP contribution in [0.2, 0.25) is 0 Å². The van der Waals surface area contributed by atoms with Crippen LogP contribution in [0.25, 0.3) is 0 Å². The van der Waals surface area contributed by atoms with Gasteiger partial charge in [-0.3, -0.25) is 14.9 Å². The lowest BCUT2D eigenvalue weighted by Crippen LogP contribution is -2.34. The number of hydrogen-bond donors (Lipinski definition) is 1. The van der Waals surface area contributed by atoms with Gasteiger partial charge in [-0.05, 0) is 18.6 Å². The van der Waals surface area contributed by atoms with Crippen molar-refractivity contribution < 1.29 is 42.2 Å². The van der Waals surface area contributed by atoms with E-state index in [1.165, 1.54) is 44.3 Å². The minimum absolute atomic E-state index is 0.105. The maximum atomic E-state index is 12.4. The van der Waals surface area contributed by atoms with Crippen LogP contribution in [-0.2, 0) is 14.6 Å². The summed E-state index contributed by atoms with van der Waals surface area (Å²) in [5.41, 5.74) is -0.895. The summed E-state index contributed by atoms with van der Waals surface area (Å²) in [7, 11) is 0.196. The third-order valence-corrected chi connectivity index (χ3v) is 5.79. The van der Waals surface area contributed by atoms with Gasteiger partial charge in [0.1, 0.15) is 11.5 Å². The Kier molecular flexibility index (Phi) is 8.75. The molecule has 14 nitrogen and oxygen atoms in total. The Bertz CT molecular complexity index is 1280. The van der Waals surface area contributed by atoms with E-state index in [0.29, 0.717) is 6.42 Å². The first-order valence-corrected chi connectivity index (χ1v) is 12.3. The lowest BCUT2D eigenvalue weighted by atomic mass is 10.0. The first-order chi connectivity index (χ1) is 16.7. The van der Waals surface area contributed by atoms with Crippen molar-refractivity contribution in [2.45, 2.75) is 31.5 Å². The van der Waals surface area contributed by atoms with Crippen molar-refractivity contribution in [3.8, 4) is 23.3 Å². The number of carboxylic acids is 1. The monoisotopic (exact) mass is 526 g/mol. The number of carbonyl (C=O) groups is 2. The molecule has 0 bridgehead atoms. The molecular weight excluding hydrogens is 500 g/mol. The molecule has 0 radical (unpaired) electrons. The van der Waals surface area contributed by atoms with Crippen LogP contribution in [0.1, 0.15) is 30.6 Å². The molecule has 0 fully saturated rings. The van der Waals surface area contributed by atoms with E-state index in [1.807, 2.05) is 0 Å². The Morgan fingerprint density at radius 2 is 1.75 bits per heavy atom. The second-order valence-corrected chi connectivity index (χ2v) is 9.86. The highest BCUT2D eigenvalue weighted by Crippen LogP contribution is 2.39. The zero-order valence-corrected chi connectivity index (χ0v) is 21.2. The number of ether oxygens (including phenoxy) is 3. The largest absolute Gasteiger partial charge is 0.497 e. The predicted molar refractivity (Wildman–Crippen MR) is 124 cm³/mol. The molecule has 0 spiro atoms. The Hall–Kier alpha value is -4.01. The van der Waals surface area contributed by atoms with Crippen molar-refractivity contribution >= 4 is 27.4 Å². The molecule has 2 rings (SSSR count). The van der Waals surface area contributed by atoms with Crippen LogP contribution >= 0.6 is 0 Å². The number of carboxylic acid groups (broad SMARTS) is 1. The number of nitro groups is 1. The lowest BCUT2D eigenvalue weighted by Gasteiger charge is -2.20. The molecule has 2 aromatic rings. The van der Waals surface area contributed by atoms with Crippen LogP contribution in [0.4, 0.5) is 5.69 Å². The Morgan fingerprint density at radius 1 is 1.17 bits per heavy atom. The van der Waals surface area contributed by atoms with Gasteiger partial charge in [-0.2, -0.15) is 9.97 Å². The number of hydrogen-bond acceptors (Lipinski definition) is 11. The fourth-order valence-corrected chi connectivity index (χ4v) is 3.36. The number of amides is 1. The number of aromatic nitrogens is 2. The third-order valence-electron chi connectivity index (χ3n) is 4.94. The minimum Gasteiger partial charge on any atom is -0.497 e. The summed E-state index contributed by atoms with van der Waals surface area (Å²) < 4.78 is 40.5. The van der Waals surface area contributed by atoms with E-state index in [0.717, 1.165) is 6.26 Å². The average Bonchev–Trinajstić information content (AvgIpc) is 2.79. The van der Waals surface area contributed by atoms with E-state index in [-0.39, 0.29) is 17.1 Å². The van der Waals surface area contributed by atoms with Crippen LogP contribution in [0, 0.1) is 16.0 Å².